The van der Waals surface area contributed by atoms with Crippen LogP contribution >= 0.6 is 11.8 Å². The van der Waals surface area contributed by atoms with Gasteiger partial charge in [-0.1, -0.05) is 41.5 Å². The minimum absolute atomic E-state index is 0.0469. The summed E-state index contributed by atoms with van der Waals surface area (Å²) >= 11 is 1.94. The van der Waals surface area contributed by atoms with Gasteiger partial charge in [0, 0.05) is 10.2 Å². The molecule has 1 aliphatic rings. The molecule has 1 saturated heterocycles. The van der Waals surface area contributed by atoms with Crippen LogP contribution in [0.2, 0.25) is 0 Å². The number of hydrogen-bond donors (Lipinski definition) is 0. The molecule has 0 aliphatic carbocycles. The lowest BCUT2D eigenvalue weighted by molar-refractivity contribution is -0.221. The molecule has 90 valence electrons. The normalized spacial score (nSPS) is 29.2. The molecule has 0 aromatic rings. The smallest absolute Gasteiger partial charge is 0.162 e. The lowest BCUT2D eigenvalue weighted by atomic mass is 9.95. The Balaban J connectivity index is 2.37. The van der Waals surface area contributed by atoms with Gasteiger partial charge in [-0.3, -0.25) is 0 Å². The molecule has 0 N–H and O–H groups in total. The van der Waals surface area contributed by atoms with Crippen molar-refractivity contribution in [3.63, 3.8) is 0 Å². The molecule has 15 heavy (non-hydrogen) atoms. The van der Waals surface area contributed by atoms with Gasteiger partial charge in [0.2, 0.25) is 0 Å². The average molecular weight is 232 g/mol. The second-order valence-electron chi connectivity index (χ2n) is 6.22. The Labute approximate surface area is 98.1 Å². The topological polar surface area (TPSA) is 18.5 Å². The summed E-state index contributed by atoms with van der Waals surface area (Å²) in [6.45, 7) is 14.8. The molecule has 0 amide bonds. The molecule has 0 aromatic carbocycles. The van der Waals surface area contributed by atoms with Crippen LogP contribution in [0.15, 0.2) is 0 Å². The Hall–Kier alpha value is 0.270. The zero-order valence-electron chi connectivity index (χ0n) is 10.8. The fourth-order valence-electron chi connectivity index (χ4n) is 1.55. The van der Waals surface area contributed by atoms with Gasteiger partial charge in [-0.2, -0.15) is 0 Å². The van der Waals surface area contributed by atoms with E-state index in [2.05, 4.69) is 41.5 Å². The van der Waals surface area contributed by atoms with E-state index in [1.807, 2.05) is 11.8 Å². The monoisotopic (exact) mass is 232 g/mol. The van der Waals surface area contributed by atoms with Gasteiger partial charge in [0.15, 0.2) is 6.29 Å². The van der Waals surface area contributed by atoms with Gasteiger partial charge in [-0.25, -0.2) is 0 Å². The van der Waals surface area contributed by atoms with Crippen LogP contribution in [-0.2, 0) is 9.47 Å². The van der Waals surface area contributed by atoms with Crippen molar-refractivity contribution in [1.82, 2.24) is 0 Å². The van der Waals surface area contributed by atoms with Crippen molar-refractivity contribution in [2.24, 2.45) is 5.41 Å². The van der Waals surface area contributed by atoms with Crippen LogP contribution in [0.25, 0.3) is 0 Å². The fourth-order valence-corrected chi connectivity index (χ4v) is 2.85. The maximum atomic E-state index is 5.76. The van der Waals surface area contributed by atoms with Gasteiger partial charge in [0.1, 0.15) is 0 Å². The van der Waals surface area contributed by atoms with Crippen LogP contribution in [0, 0.1) is 5.41 Å². The predicted octanol–water partition coefficient (Wildman–Crippen LogP) is 3.31. The molecule has 0 aromatic heterocycles. The summed E-state index contributed by atoms with van der Waals surface area (Å²) in [4.78, 5) is 0. The Bertz CT molecular complexity index is 195. The number of thioether (sulfide) groups is 1. The largest absolute Gasteiger partial charge is 0.351 e. The molecular weight excluding hydrogens is 208 g/mol. The highest BCUT2D eigenvalue weighted by Gasteiger charge is 2.33. The van der Waals surface area contributed by atoms with Crippen molar-refractivity contribution in [3.8, 4) is 0 Å². The van der Waals surface area contributed by atoms with Crippen molar-refractivity contribution < 1.29 is 9.47 Å². The molecule has 1 aliphatic heterocycles. The van der Waals surface area contributed by atoms with E-state index < -0.39 is 0 Å². The highest BCUT2D eigenvalue weighted by atomic mass is 32.2. The molecule has 0 unspecified atom stereocenters. The van der Waals surface area contributed by atoms with E-state index in [0.29, 0.717) is 5.25 Å². The van der Waals surface area contributed by atoms with Gasteiger partial charge in [0.25, 0.3) is 0 Å². The third-order valence-corrected chi connectivity index (χ3v) is 3.41. The van der Waals surface area contributed by atoms with E-state index in [1.165, 1.54) is 0 Å². The Kier molecular flexibility index (Phi) is 4.13. The fraction of sp³-hybridized carbons (Fsp3) is 1.00. The SMILES string of the molecule is CC(C)(C)SC1COC(C(C)(C)C)OC1. The highest BCUT2D eigenvalue weighted by molar-refractivity contribution is 8.01. The van der Waals surface area contributed by atoms with Gasteiger partial charge in [0.05, 0.1) is 18.5 Å². The van der Waals surface area contributed by atoms with E-state index >= 15 is 0 Å². The highest BCUT2D eigenvalue weighted by Crippen LogP contribution is 2.33. The Morgan fingerprint density at radius 3 is 1.73 bits per heavy atom. The van der Waals surface area contributed by atoms with Crippen LogP contribution in [0.5, 0.6) is 0 Å². The summed E-state index contributed by atoms with van der Waals surface area (Å²) in [5.41, 5.74) is 0.0807. The van der Waals surface area contributed by atoms with Crippen LogP contribution in [0.1, 0.15) is 41.5 Å². The minimum Gasteiger partial charge on any atom is -0.351 e. The van der Waals surface area contributed by atoms with Crippen LogP contribution < -0.4 is 0 Å². The molecule has 3 heteroatoms. The summed E-state index contributed by atoms with van der Waals surface area (Å²) in [5.74, 6) is 0. The van der Waals surface area contributed by atoms with Gasteiger partial charge >= 0.3 is 0 Å². The number of ether oxygens (including phenoxy) is 2. The first-order chi connectivity index (χ1) is 6.68. The molecule has 0 atom stereocenters. The van der Waals surface area contributed by atoms with Gasteiger partial charge < -0.3 is 9.47 Å². The number of hydrogen-bond acceptors (Lipinski definition) is 3. The van der Waals surface area contributed by atoms with Crippen LogP contribution in [0.3, 0.4) is 0 Å². The Morgan fingerprint density at radius 2 is 1.40 bits per heavy atom. The first-order valence-corrected chi connectivity index (χ1v) is 6.47. The average Bonchev–Trinajstić information content (AvgIpc) is 2.00. The summed E-state index contributed by atoms with van der Waals surface area (Å²) in [7, 11) is 0. The standard InChI is InChI=1S/C12H24O2S/c1-11(2,3)10-13-7-9(8-14-10)15-12(4,5)6/h9-10H,7-8H2,1-6H3. The van der Waals surface area contributed by atoms with E-state index in [-0.39, 0.29) is 16.5 Å². The molecule has 0 radical (unpaired) electrons. The van der Waals surface area contributed by atoms with Gasteiger partial charge in [-0.05, 0) is 0 Å². The zero-order valence-corrected chi connectivity index (χ0v) is 11.6. The maximum absolute atomic E-state index is 5.76. The van der Waals surface area contributed by atoms with E-state index in [9.17, 15) is 0 Å². The Morgan fingerprint density at radius 1 is 0.933 bits per heavy atom. The molecule has 0 spiro atoms. The van der Waals surface area contributed by atoms with Crippen molar-refractivity contribution in [2.75, 3.05) is 13.2 Å². The van der Waals surface area contributed by atoms with Crippen LogP contribution in [-0.4, -0.2) is 29.5 Å². The first-order valence-electron chi connectivity index (χ1n) is 5.59. The second-order valence-corrected chi connectivity index (χ2v) is 8.34. The third-order valence-electron chi connectivity index (χ3n) is 2.09. The third kappa shape index (κ3) is 4.75. The zero-order chi connectivity index (χ0) is 11.7. The lowest BCUT2D eigenvalue weighted by Gasteiger charge is -2.38. The second kappa shape index (κ2) is 4.64. The van der Waals surface area contributed by atoms with Gasteiger partial charge in [-0.15, -0.1) is 11.8 Å². The number of rotatable bonds is 1. The molecule has 0 saturated carbocycles. The maximum Gasteiger partial charge on any atom is 0.162 e. The van der Waals surface area contributed by atoms with E-state index in [1.54, 1.807) is 0 Å². The molecule has 0 bridgehead atoms. The van der Waals surface area contributed by atoms with E-state index in [4.69, 9.17) is 9.47 Å². The predicted molar refractivity (Wildman–Crippen MR) is 66.3 cm³/mol. The van der Waals surface area contributed by atoms with E-state index in [0.717, 1.165) is 13.2 Å². The minimum atomic E-state index is -0.0469. The lowest BCUT2D eigenvalue weighted by Crippen LogP contribution is -2.42. The molecule has 1 fully saturated rings. The molecule has 1 heterocycles. The summed E-state index contributed by atoms with van der Waals surface area (Å²) in [6.07, 6.45) is -0.0469. The summed E-state index contributed by atoms with van der Waals surface area (Å²) < 4.78 is 11.8. The van der Waals surface area contributed by atoms with Crippen molar-refractivity contribution in [3.05, 3.63) is 0 Å². The summed E-state index contributed by atoms with van der Waals surface area (Å²) in [5, 5.41) is 0.476. The molecule has 1 rings (SSSR count). The molecule has 2 nitrogen and oxygen atoms in total. The quantitative estimate of drug-likeness (QED) is 0.691. The first kappa shape index (κ1) is 13.3. The molecular formula is C12H24O2S. The van der Waals surface area contributed by atoms with Crippen molar-refractivity contribution >= 4 is 11.8 Å². The summed E-state index contributed by atoms with van der Waals surface area (Å²) in [6, 6.07) is 0. The van der Waals surface area contributed by atoms with Crippen LogP contribution in [0.4, 0.5) is 0 Å². The van der Waals surface area contributed by atoms with Crippen molar-refractivity contribution in [2.45, 2.75) is 57.8 Å². The van der Waals surface area contributed by atoms with Crippen molar-refractivity contribution in [1.29, 1.82) is 0 Å².